The molecule has 0 spiro atoms. The maximum absolute atomic E-state index is 12.9. The summed E-state index contributed by atoms with van der Waals surface area (Å²) in [4.78, 5) is 20.1. The van der Waals surface area contributed by atoms with Gasteiger partial charge in [-0.3, -0.25) is 9.80 Å². The van der Waals surface area contributed by atoms with E-state index < -0.39 is 9.84 Å². The SMILES string of the molecule is COc1ccccc1NC(=O)N1CCCN(C2CCN(Cc3ccccc3S(C)(=O)=O)CC2)CC1. The van der Waals surface area contributed by atoms with E-state index >= 15 is 0 Å². The normalized spacial score (nSPS) is 18.7. The van der Waals surface area contributed by atoms with E-state index in [1.165, 1.54) is 6.26 Å². The van der Waals surface area contributed by atoms with Crippen LogP contribution < -0.4 is 10.1 Å². The first kappa shape index (κ1) is 25.5. The molecular formula is C26H36N4O4S. The quantitative estimate of drug-likeness (QED) is 0.656. The third-order valence-electron chi connectivity index (χ3n) is 7.01. The number of benzene rings is 2. The van der Waals surface area contributed by atoms with Gasteiger partial charge in [-0.2, -0.15) is 0 Å². The van der Waals surface area contributed by atoms with Crippen molar-refractivity contribution in [1.82, 2.24) is 14.7 Å². The van der Waals surface area contributed by atoms with Crippen LogP contribution in [0, 0.1) is 0 Å². The monoisotopic (exact) mass is 500 g/mol. The molecule has 0 unspecified atom stereocenters. The number of amides is 2. The van der Waals surface area contributed by atoms with Gasteiger partial charge in [0.15, 0.2) is 9.84 Å². The van der Waals surface area contributed by atoms with Gasteiger partial charge in [0.2, 0.25) is 0 Å². The topological polar surface area (TPSA) is 82.2 Å². The summed E-state index contributed by atoms with van der Waals surface area (Å²) in [7, 11) is -1.63. The van der Waals surface area contributed by atoms with Gasteiger partial charge in [-0.1, -0.05) is 30.3 Å². The number of para-hydroxylation sites is 2. The molecule has 0 radical (unpaired) electrons. The molecule has 2 aliphatic heterocycles. The smallest absolute Gasteiger partial charge is 0.321 e. The third kappa shape index (κ3) is 6.54. The zero-order chi connectivity index (χ0) is 24.8. The number of anilines is 1. The van der Waals surface area contributed by atoms with Crippen LogP contribution in [0.15, 0.2) is 53.4 Å². The largest absolute Gasteiger partial charge is 0.495 e. The summed E-state index contributed by atoms with van der Waals surface area (Å²) in [5, 5.41) is 2.99. The lowest BCUT2D eigenvalue weighted by Gasteiger charge is -2.38. The van der Waals surface area contributed by atoms with Gasteiger partial charge >= 0.3 is 6.03 Å². The molecule has 2 aliphatic rings. The van der Waals surface area contributed by atoms with Crippen LogP contribution in [0.5, 0.6) is 5.75 Å². The summed E-state index contributed by atoms with van der Waals surface area (Å²) in [5.41, 5.74) is 1.56. The van der Waals surface area contributed by atoms with Crippen LogP contribution in [0.1, 0.15) is 24.8 Å². The molecule has 2 saturated heterocycles. The summed E-state index contributed by atoms with van der Waals surface area (Å²) >= 11 is 0. The Morgan fingerprint density at radius 3 is 2.43 bits per heavy atom. The zero-order valence-corrected chi connectivity index (χ0v) is 21.5. The highest BCUT2D eigenvalue weighted by Crippen LogP contribution is 2.25. The molecule has 2 amide bonds. The molecule has 0 aromatic heterocycles. The van der Waals surface area contributed by atoms with E-state index in [1.54, 1.807) is 19.2 Å². The van der Waals surface area contributed by atoms with Crippen molar-refractivity contribution in [2.24, 2.45) is 0 Å². The van der Waals surface area contributed by atoms with Crippen molar-refractivity contribution in [1.29, 1.82) is 0 Å². The molecule has 0 bridgehead atoms. The lowest BCUT2D eigenvalue weighted by Crippen LogP contribution is -2.46. The fourth-order valence-electron chi connectivity index (χ4n) is 5.13. The Hall–Kier alpha value is -2.62. The molecule has 0 aliphatic carbocycles. The van der Waals surface area contributed by atoms with E-state index in [0.29, 0.717) is 35.5 Å². The Bertz CT molecular complexity index is 1120. The van der Waals surface area contributed by atoms with Crippen LogP contribution in [-0.4, -0.2) is 87.8 Å². The first-order chi connectivity index (χ1) is 16.8. The Labute approximate surface area is 208 Å². The third-order valence-corrected chi connectivity index (χ3v) is 8.20. The number of methoxy groups -OCH3 is 1. The van der Waals surface area contributed by atoms with Crippen LogP contribution in [-0.2, 0) is 16.4 Å². The molecule has 1 N–H and O–H groups in total. The predicted molar refractivity (Wildman–Crippen MR) is 138 cm³/mol. The second-order valence-corrected chi connectivity index (χ2v) is 11.4. The Balaban J connectivity index is 1.28. The van der Waals surface area contributed by atoms with Crippen LogP contribution in [0.3, 0.4) is 0 Å². The van der Waals surface area contributed by atoms with Gasteiger partial charge in [0.25, 0.3) is 0 Å². The minimum Gasteiger partial charge on any atom is -0.495 e. The number of carbonyl (C=O) groups excluding carboxylic acids is 1. The number of hydrogen-bond donors (Lipinski definition) is 1. The number of nitrogens with zero attached hydrogens (tertiary/aromatic N) is 3. The standard InChI is InChI=1S/C26H36N4O4S/c1-34-24-10-5-4-9-23(24)27-26(31)30-15-7-14-29(18-19-30)22-12-16-28(17-13-22)20-21-8-3-6-11-25(21)35(2,32)33/h3-6,8-11,22H,7,12-20H2,1-2H3,(H,27,31). The molecule has 4 rings (SSSR count). The number of ether oxygens (including phenoxy) is 1. The van der Waals surface area contributed by atoms with Crippen molar-refractivity contribution >= 4 is 21.6 Å². The number of nitrogens with one attached hydrogen (secondary N) is 1. The molecule has 2 aromatic rings. The molecule has 0 atom stereocenters. The molecule has 2 fully saturated rings. The number of urea groups is 1. The van der Waals surface area contributed by atoms with Crippen molar-refractivity contribution < 1.29 is 17.9 Å². The molecule has 8 nitrogen and oxygen atoms in total. The van der Waals surface area contributed by atoms with Gasteiger partial charge < -0.3 is 15.0 Å². The highest BCUT2D eigenvalue weighted by Gasteiger charge is 2.28. The average Bonchev–Trinajstić information content (AvgIpc) is 3.11. The number of rotatable bonds is 6. The first-order valence-electron chi connectivity index (χ1n) is 12.3. The predicted octanol–water partition coefficient (Wildman–Crippen LogP) is 3.30. The highest BCUT2D eigenvalue weighted by atomic mass is 32.2. The number of hydrogen-bond acceptors (Lipinski definition) is 6. The second-order valence-electron chi connectivity index (χ2n) is 9.39. The Morgan fingerprint density at radius 1 is 0.971 bits per heavy atom. The fourth-order valence-corrected chi connectivity index (χ4v) is 6.06. The average molecular weight is 501 g/mol. The van der Waals surface area contributed by atoms with Crippen LogP contribution in [0.2, 0.25) is 0 Å². The number of likely N-dealkylation sites (tertiary alicyclic amines) is 1. The number of piperidine rings is 1. The number of carbonyl (C=O) groups is 1. The van der Waals surface area contributed by atoms with E-state index in [9.17, 15) is 13.2 Å². The Morgan fingerprint density at radius 2 is 1.69 bits per heavy atom. The van der Waals surface area contributed by atoms with Crippen molar-refractivity contribution in [2.75, 3.05) is 58.0 Å². The van der Waals surface area contributed by atoms with Gasteiger partial charge in [-0.25, -0.2) is 13.2 Å². The maximum atomic E-state index is 12.9. The van der Waals surface area contributed by atoms with Crippen LogP contribution in [0.4, 0.5) is 10.5 Å². The van der Waals surface area contributed by atoms with E-state index in [-0.39, 0.29) is 6.03 Å². The summed E-state index contributed by atoms with van der Waals surface area (Å²) in [6.07, 6.45) is 4.32. The molecule has 35 heavy (non-hydrogen) atoms. The maximum Gasteiger partial charge on any atom is 0.321 e. The zero-order valence-electron chi connectivity index (χ0n) is 20.7. The van der Waals surface area contributed by atoms with Gasteiger partial charge in [-0.05, 0) is 56.1 Å². The molecule has 2 heterocycles. The van der Waals surface area contributed by atoms with Gasteiger partial charge in [0.1, 0.15) is 5.75 Å². The van der Waals surface area contributed by atoms with Crippen molar-refractivity contribution in [2.45, 2.75) is 36.7 Å². The lowest BCUT2D eigenvalue weighted by molar-refractivity contribution is 0.107. The Kier molecular flexibility index (Phi) is 8.30. The van der Waals surface area contributed by atoms with Gasteiger partial charge in [0.05, 0.1) is 17.7 Å². The van der Waals surface area contributed by atoms with Crippen LogP contribution >= 0.6 is 0 Å². The summed E-state index contributed by atoms with van der Waals surface area (Å²) in [5.74, 6) is 0.656. The van der Waals surface area contributed by atoms with E-state index in [2.05, 4.69) is 15.1 Å². The summed E-state index contributed by atoms with van der Waals surface area (Å²) in [6.45, 7) is 5.82. The molecular weight excluding hydrogens is 464 g/mol. The van der Waals surface area contributed by atoms with E-state index in [0.717, 1.165) is 57.5 Å². The molecule has 0 saturated carbocycles. The minimum atomic E-state index is -3.23. The highest BCUT2D eigenvalue weighted by molar-refractivity contribution is 7.90. The van der Waals surface area contributed by atoms with E-state index in [1.807, 2.05) is 41.3 Å². The van der Waals surface area contributed by atoms with Crippen molar-refractivity contribution in [3.8, 4) is 5.75 Å². The number of sulfone groups is 1. The van der Waals surface area contributed by atoms with Gasteiger partial charge in [-0.15, -0.1) is 0 Å². The van der Waals surface area contributed by atoms with Crippen molar-refractivity contribution in [3.63, 3.8) is 0 Å². The molecule has 190 valence electrons. The first-order valence-corrected chi connectivity index (χ1v) is 14.2. The second kappa shape index (κ2) is 11.4. The lowest BCUT2D eigenvalue weighted by atomic mass is 10.0. The molecule has 2 aromatic carbocycles. The fraction of sp³-hybridized carbons (Fsp3) is 0.500. The van der Waals surface area contributed by atoms with Gasteiger partial charge in [0, 0.05) is 45.0 Å². The van der Waals surface area contributed by atoms with E-state index in [4.69, 9.17) is 4.74 Å². The summed E-state index contributed by atoms with van der Waals surface area (Å²) in [6, 6.07) is 15.2. The van der Waals surface area contributed by atoms with Crippen LogP contribution in [0.25, 0.3) is 0 Å². The minimum absolute atomic E-state index is 0.0873. The summed E-state index contributed by atoms with van der Waals surface area (Å²) < 4.78 is 29.6. The molecule has 9 heteroatoms. The van der Waals surface area contributed by atoms with Crippen molar-refractivity contribution in [3.05, 3.63) is 54.1 Å².